The van der Waals surface area contributed by atoms with E-state index in [1.165, 1.54) is 6.07 Å². The van der Waals surface area contributed by atoms with Gasteiger partial charge in [0.15, 0.2) is 0 Å². The Kier molecular flexibility index (Phi) is 5.84. The first-order valence-corrected chi connectivity index (χ1v) is 9.25. The van der Waals surface area contributed by atoms with Gasteiger partial charge >= 0.3 is 6.18 Å². The molecule has 0 aromatic carbocycles. The van der Waals surface area contributed by atoms with E-state index < -0.39 is 40.0 Å². The molecule has 1 aliphatic rings. The maximum Gasteiger partial charge on any atom is 0.417 e. The van der Waals surface area contributed by atoms with Gasteiger partial charge in [0.2, 0.25) is 0 Å². The molecule has 1 unspecified atom stereocenters. The van der Waals surface area contributed by atoms with Crippen molar-refractivity contribution in [3.05, 3.63) is 57.6 Å². The number of nitrogens with zero attached hydrogens (tertiary/aromatic N) is 2. The van der Waals surface area contributed by atoms with E-state index in [9.17, 15) is 23.1 Å². The van der Waals surface area contributed by atoms with Gasteiger partial charge < -0.3 is 10.4 Å². The molecule has 10 heteroatoms. The van der Waals surface area contributed by atoms with Crippen LogP contribution in [0.15, 0.2) is 30.5 Å². The molecule has 150 valence electrons. The van der Waals surface area contributed by atoms with Gasteiger partial charge in [0.1, 0.15) is 16.9 Å². The maximum absolute atomic E-state index is 13.1. The Morgan fingerprint density at radius 1 is 1.21 bits per heavy atom. The molecule has 2 aromatic rings. The van der Waals surface area contributed by atoms with Gasteiger partial charge in [-0.25, -0.2) is 9.97 Å². The summed E-state index contributed by atoms with van der Waals surface area (Å²) in [6.45, 7) is 0. The Morgan fingerprint density at radius 2 is 1.89 bits per heavy atom. The summed E-state index contributed by atoms with van der Waals surface area (Å²) in [7, 11) is 0. The highest BCUT2D eigenvalue weighted by molar-refractivity contribution is 6.34. The number of halogens is 5. The molecule has 5 nitrogen and oxygen atoms in total. The predicted molar refractivity (Wildman–Crippen MR) is 97.1 cm³/mol. The zero-order chi connectivity index (χ0) is 20.5. The molecule has 3 rings (SSSR count). The summed E-state index contributed by atoms with van der Waals surface area (Å²) in [5.74, 6) is -0.941. The van der Waals surface area contributed by atoms with Crippen molar-refractivity contribution in [2.75, 3.05) is 0 Å². The number of alkyl halides is 3. The lowest BCUT2D eigenvalue weighted by molar-refractivity contribution is -0.137. The number of nitrogens with one attached hydrogen (secondary N) is 1. The molecule has 2 aromatic heterocycles. The second kappa shape index (κ2) is 7.85. The molecule has 1 aliphatic carbocycles. The minimum atomic E-state index is -4.73. The Balaban J connectivity index is 1.97. The van der Waals surface area contributed by atoms with Crippen LogP contribution in [0.25, 0.3) is 0 Å². The quantitative estimate of drug-likeness (QED) is 0.691. The SMILES string of the molecule is O=C(NC(c1cccc(Cl)n1)C1(O)CCCC1)c1nccc(C(F)(F)F)c1Cl. The van der Waals surface area contributed by atoms with Crippen molar-refractivity contribution in [1.82, 2.24) is 15.3 Å². The number of carbonyl (C=O) groups is 1. The number of rotatable bonds is 4. The van der Waals surface area contributed by atoms with Gasteiger partial charge in [0.25, 0.3) is 5.91 Å². The normalized spacial score (nSPS) is 17.4. The molecule has 1 fully saturated rings. The summed E-state index contributed by atoms with van der Waals surface area (Å²) in [6, 6.07) is 4.44. The third kappa shape index (κ3) is 4.24. The second-order valence-electron chi connectivity index (χ2n) is 6.62. The first-order valence-electron chi connectivity index (χ1n) is 8.49. The fraction of sp³-hybridized carbons (Fsp3) is 0.389. The lowest BCUT2D eigenvalue weighted by Crippen LogP contribution is -2.45. The topological polar surface area (TPSA) is 75.1 Å². The lowest BCUT2D eigenvalue weighted by Gasteiger charge is -2.33. The summed E-state index contributed by atoms with van der Waals surface area (Å²) in [6.07, 6.45) is -1.59. The van der Waals surface area contributed by atoms with Crippen LogP contribution < -0.4 is 5.32 Å². The first kappa shape index (κ1) is 20.8. The molecule has 2 heterocycles. The molecular weight excluding hydrogens is 418 g/mol. The third-order valence-electron chi connectivity index (χ3n) is 4.72. The standard InChI is InChI=1S/C18H16Cl2F3N3O2/c19-12-5-3-4-11(25-12)15(17(28)7-1-2-8-17)26-16(27)14-13(20)10(6-9-24-14)18(21,22)23/h3-6,9,15,28H,1-2,7-8H2,(H,26,27). The number of pyridine rings is 2. The Morgan fingerprint density at radius 3 is 2.50 bits per heavy atom. The van der Waals surface area contributed by atoms with Gasteiger partial charge in [0.05, 0.1) is 21.9 Å². The molecule has 2 N–H and O–H groups in total. The molecule has 0 bridgehead atoms. The van der Waals surface area contributed by atoms with E-state index in [1.807, 2.05) is 0 Å². The van der Waals surface area contributed by atoms with E-state index in [0.717, 1.165) is 19.0 Å². The second-order valence-corrected chi connectivity index (χ2v) is 7.39. The van der Waals surface area contributed by atoms with E-state index in [4.69, 9.17) is 23.2 Å². The minimum absolute atomic E-state index is 0.161. The van der Waals surface area contributed by atoms with Gasteiger partial charge in [-0.05, 0) is 31.0 Å². The number of hydrogen-bond acceptors (Lipinski definition) is 4. The highest BCUT2D eigenvalue weighted by Crippen LogP contribution is 2.40. The number of amides is 1. The Bertz CT molecular complexity index is 887. The van der Waals surface area contributed by atoms with Crippen molar-refractivity contribution in [3.63, 3.8) is 0 Å². The molecule has 0 saturated heterocycles. The van der Waals surface area contributed by atoms with E-state index >= 15 is 0 Å². The highest BCUT2D eigenvalue weighted by Gasteiger charge is 2.43. The monoisotopic (exact) mass is 433 g/mol. The van der Waals surface area contributed by atoms with Crippen molar-refractivity contribution >= 4 is 29.1 Å². The lowest BCUT2D eigenvalue weighted by atomic mass is 9.89. The fourth-order valence-electron chi connectivity index (χ4n) is 3.36. The van der Waals surface area contributed by atoms with Crippen molar-refractivity contribution in [2.45, 2.75) is 43.5 Å². The van der Waals surface area contributed by atoms with Crippen LogP contribution in [-0.4, -0.2) is 26.6 Å². The van der Waals surface area contributed by atoms with Crippen LogP contribution in [0.2, 0.25) is 10.2 Å². The third-order valence-corrected chi connectivity index (χ3v) is 5.32. The molecule has 1 saturated carbocycles. The van der Waals surface area contributed by atoms with Crippen LogP contribution in [-0.2, 0) is 6.18 Å². The van der Waals surface area contributed by atoms with Crippen LogP contribution in [0.5, 0.6) is 0 Å². The average Bonchev–Trinajstić information content (AvgIpc) is 3.06. The summed E-state index contributed by atoms with van der Waals surface area (Å²) in [4.78, 5) is 20.6. The van der Waals surface area contributed by atoms with Crippen LogP contribution in [0.1, 0.15) is 53.5 Å². The number of aromatic nitrogens is 2. The van der Waals surface area contributed by atoms with Crippen molar-refractivity contribution < 1.29 is 23.1 Å². The Hall–Kier alpha value is -1.90. The van der Waals surface area contributed by atoms with Crippen molar-refractivity contribution in [3.8, 4) is 0 Å². The molecule has 0 radical (unpaired) electrons. The summed E-state index contributed by atoms with van der Waals surface area (Å²) < 4.78 is 39.2. The van der Waals surface area contributed by atoms with E-state index in [-0.39, 0.29) is 5.15 Å². The van der Waals surface area contributed by atoms with Gasteiger partial charge in [0, 0.05) is 6.20 Å². The fourth-order valence-corrected chi connectivity index (χ4v) is 3.84. The highest BCUT2D eigenvalue weighted by atomic mass is 35.5. The number of carbonyl (C=O) groups excluding carboxylic acids is 1. The molecule has 1 atom stereocenters. The van der Waals surface area contributed by atoms with Crippen LogP contribution in [0, 0.1) is 0 Å². The van der Waals surface area contributed by atoms with Gasteiger partial charge in [-0.3, -0.25) is 4.79 Å². The van der Waals surface area contributed by atoms with Crippen LogP contribution in [0.4, 0.5) is 13.2 Å². The van der Waals surface area contributed by atoms with Crippen LogP contribution >= 0.6 is 23.2 Å². The van der Waals surface area contributed by atoms with E-state index in [1.54, 1.807) is 12.1 Å². The van der Waals surface area contributed by atoms with Crippen molar-refractivity contribution in [2.24, 2.45) is 0 Å². The largest absolute Gasteiger partial charge is 0.417 e. The Labute approximate surface area is 168 Å². The van der Waals surface area contributed by atoms with Gasteiger partial charge in [-0.2, -0.15) is 13.2 Å². The molecule has 1 amide bonds. The number of hydrogen-bond donors (Lipinski definition) is 2. The average molecular weight is 434 g/mol. The van der Waals surface area contributed by atoms with Crippen molar-refractivity contribution in [1.29, 1.82) is 0 Å². The molecule has 28 heavy (non-hydrogen) atoms. The van der Waals surface area contributed by atoms with Gasteiger partial charge in [-0.1, -0.05) is 42.1 Å². The van der Waals surface area contributed by atoms with E-state index in [2.05, 4.69) is 15.3 Å². The molecular formula is C18H16Cl2F3N3O2. The predicted octanol–water partition coefficient (Wildman–Crippen LogP) is 4.58. The molecule has 0 aliphatic heterocycles. The number of aliphatic hydroxyl groups is 1. The summed E-state index contributed by atoms with van der Waals surface area (Å²) in [5, 5.41) is 12.9. The zero-order valence-corrected chi connectivity index (χ0v) is 15.9. The first-order chi connectivity index (χ1) is 13.1. The summed E-state index contributed by atoms with van der Waals surface area (Å²) in [5.41, 5.74) is -2.74. The zero-order valence-electron chi connectivity index (χ0n) is 14.4. The van der Waals surface area contributed by atoms with E-state index in [0.29, 0.717) is 24.6 Å². The minimum Gasteiger partial charge on any atom is -0.387 e. The maximum atomic E-state index is 13.1. The summed E-state index contributed by atoms with van der Waals surface area (Å²) >= 11 is 11.7. The van der Waals surface area contributed by atoms with Crippen LogP contribution in [0.3, 0.4) is 0 Å². The molecule has 0 spiro atoms. The smallest absolute Gasteiger partial charge is 0.387 e. The van der Waals surface area contributed by atoms with Gasteiger partial charge in [-0.15, -0.1) is 0 Å².